The van der Waals surface area contributed by atoms with Crippen molar-refractivity contribution >= 4 is 29.6 Å². The monoisotopic (exact) mass is 262 g/mol. The third-order valence-electron chi connectivity index (χ3n) is 2.67. The zero-order chi connectivity index (χ0) is 12.0. The van der Waals surface area contributed by atoms with E-state index in [1.807, 2.05) is 16.7 Å². The van der Waals surface area contributed by atoms with E-state index in [2.05, 4.69) is 25.4 Å². The van der Waals surface area contributed by atoms with Gasteiger partial charge >= 0.3 is 6.03 Å². The molecule has 0 spiro atoms. The van der Waals surface area contributed by atoms with Crippen LogP contribution in [0.15, 0.2) is 0 Å². The molecule has 0 aromatic heterocycles. The summed E-state index contributed by atoms with van der Waals surface area (Å²) in [6.45, 7) is 6.04. The van der Waals surface area contributed by atoms with Crippen LogP contribution >= 0.6 is 23.5 Å². The zero-order valence-electron chi connectivity index (χ0n) is 10.4. The number of nitrogens with one attached hydrogen (secondary N) is 1. The van der Waals surface area contributed by atoms with Crippen LogP contribution in [0.3, 0.4) is 0 Å². The van der Waals surface area contributed by atoms with E-state index in [9.17, 15) is 4.79 Å². The summed E-state index contributed by atoms with van der Waals surface area (Å²) in [5.74, 6) is 2.05. The summed E-state index contributed by atoms with van der Waals surface area (Å²) in [4.78, 5) is 13.9. The van der Waals surface area contributed by atoms with E-state index >= 15 is 0 Å². The van der Waals surface area contributed by atoms with E-state index in [0.29, 0.717) is 5.25 Å². The fourth-order valence-corrected chi connectivity index (χ4v) is 3.51. The summed E-state index contributed by atoms with van der Waals surface area (Å²) >= 11 is 3.75. The third kappa shape index (κ3) is 4.45. The van der Waals surface area contributed by atoms with Crippen molar-refractivity contribution in [2.24, 2.45) is 0 Å². The van der Waals surface area contributed by atoms with E-state index in [1.165, 1.54) is 0 Å². The number of urea groups is 1. The maximum atomic E-state index is 11.9. The summed E-state index contributed by atoms with van der Waals surface area (Å²) in [5.41, 5.74) is 0. The average Bonchev–Trinajstić information content (AvgIpc) is 2.29. The molecule has 0 aliphatic carbocycles. The molecular formula is C11H22N2OS2. The van der Waals surface area contributed by atoms with Crippen LogP contribution in [0, 0.1) is 0 Å². The Balaban J connectivity index is 2.35. The number of thioether (sulfide) groups is 2. The molecule has 0 aromatic rings. The van der Waals surface area contributed by atoms with Crippen molar-refractivity contribution in [1.82, 2.24) is 10.2 Å². The summed E-state index contributed by atoms with van der Waals surface area (Å²) in [5, 5.41) is 3.67. The molecule has 2 amide bonds. The Kier molecular flexibility index (Phi) is 6.43. The van der Waals surface area contributed by atoms with Crippen LogP contribution in [0.1, 0.15) is 20.3 Å². The second kappa shape index (κ2) is 7.33. The molecule has 0 saturated carbocycles. The van der Waals surface area contributed by atoms with Crippen LogP contribution in [0.5, 0.6) is 0 Å². The minimum atomic E-state index is 0.111. The number of nitrogens with zero attached hydrogens (tertiary/aromatic N) is 1. The highest BCUT2D eigenvalue weighted by Crippen LogP contribution is 2.20. The van der Waals surface area contributed by atoms with Crippen LogP contribution in [-0.2, 0) is 0 Å². The van der Waals surface area contributed by atoms with Gasteiger partial charge in [0.15, 0.2) is 0 Å². The lowest BCUT2D eigenvalue weighted by atomic mass is 10.3. The van der Waals surface area contributed by atoms with E-state index in [1.54, 1.807) is 11.8 Å². The van der Waals surface area contributed by atoms with Crippen molar-refractivity contribution in [3.05, 3.63) is 0 Å². The van der Waals surface area contributed by atoms with Gasteiger partial charge in [0.2, 0.25) is 0 Å². The van der Waals surface area contributed by atoms with Crippen LogP contribution < -0.4 is 5.32 Å². The lowest BCUT2D eigenvalue weighted by molar-refractivity contribution is 0.197. The van der Waals surface area contributed by atoms with Gasteiger partial charge in [0.1, 0.15) is 0 Å². The summed E-state index contributed by atoms with van der Waals surface area (Å²) < 4.78 is 0. The van der Waals surface area contributed by atoms with Crippen LogP contribution in [-0.4, -0.2) is 53.1 Å². The molecule has 5 heteroatoms. The molecule has 1 saturated heterocycles. The molecule has 1 N–H and O–H groups in total. The van der Waals surface area contributed by atoms with Gasteiger partial charge in [-0.25, -0.2) is 4.79 Å². The predicted octanol–water partition coefficient (Wildman–Crippen LogP) is 2.27. The Morgan fingerprint density at radius 3 is 3.06 bits per heavy atom. The van der Waals surface area contributed by atoms with E-state index in [4.69, 9.17) is 0 Å². The fraction of sp³-hybridized carbons (Fsp3) is 0.909. The van der Waals surface area contributed by atoms with Crippen LogP contribution in [0.4, 0.5) is 4.79 Å². The minimum Gasteiger partial charge on any atom is -0.335 e. The highest BCUT2D eigenvalue weighted by Gasteiger charge is 2.23. The SMILES string of the molecule is CC[C@@H]1CN(C(=O)N[C@@H](C)CSC)CCS1. The first-order valence-electron chi connectivity index (χ1n) is 5.83. The van der Waals surface area contributed by atoms with Crippen molar-refractivity contribution in [3.63, 3.8) is 0 Å². The number of rotatable bonds is 4. The zero-order valence-corrected chi connectivity index (χ0v) is 12.0. The summed E-state index contributed by atoms with van der Waals surface area (Å²) in [6.07, 6.45) is 3.21. The normalized spacial score (nSPS) is 22.9. The third-order valence-corrected chi connectivity index (χ3v) is 4.87. The number of hydrogen-bond donors (Lipinski definition) is 1. The highest BCUT2D eigenvalue weighted by molar-refractivity contribution is 8.00. The molecule has 1 aliphatic rings. The standard InChI is InChI=1S/C11H22N2OS2/c1-4-10-7-13(5-6-16-10)11(14)12-9(2)8-15-3/h9-10H,4-8H2,1-3H3,(H,12,14)/t9-,10+/m0/s1. The van der Waals surface area contributed by atoms with Crippen molar-refractivity contribution in [1.29, 1.82) is 0 Å². The molecule has 0 unspecified atom stereocenters. The number of carbonyl (C=O) groups excluding carboxylic acids is 1. The number of carbonyl (C=O) groups is 1. The molecule has 1 rings (SSSR count). The Hall–Kier alpha value is -0.0300. The number of amides is 2. The smallest absolute Gasteiger partial charge is 0.317 e. The molecule has 0 bridgehead atoms. The second-order valence-electron chi connectivity index (χ2n) is 4.15. The summed E-state index contributed by atoms with van der Waals surface area (Å²) in [6, 6.07) is 0.373. The van der Waals surface area contributed by atoms with Gasteiger partial charge in [0, 0.05) is 35.9 Å². The maximum absolute atomic E-state index is 11.9. The van der Waals surface area contributed by atoms with Gasteiger partial charge in [-0.05, 0) is 19.6 Å². The lowest BCUT2D eigenvalue weighted by Crippen LogP contribution is -2.49. The van der Waals surface area contributed by atoms with Crippen molar-refractivity contribution in [2.45, 2.75) is 31.6 Å². The minimum absolute atomic E-state index is 0.111. The Morgan fingerprint density at radius 2 is 2.44 bits per heavy atom. The molecule has 3 nitrogen and oxygen atoms in total. The van der Waals surface area contributed by atoms with Gasteiger partial charge in [-0.15, -0.1) is 0 Å². The molecule has 94 valence electrons. The van der Waals surface area contributed by atoms with Gasteiger partial charge in [-0.1, -0.05) is 6.92 Å². The van der Waals surface area contributed by atoms with Crippen molar-refractivity contribution in [3.8, 4) is 0 Å². The molecule has 2 atom stereocenters. The Bertz CT molecular complexity index is 226. The van der Waals surface area contributed by atoms with Gasteiger partial charge in [-0.2, -0.15) is 23.5 Å². The lowest BCUT2D eigenvalue weighted by Gasteiger charge is -2.32. The highest BCUT2D eigenvalue weighted by atomic mass is 32.2. The Morgan fingerprint density at radius 1 is 1.69 bits per heavy atom. The number of hydrogen-bond acceptors (Lipinski definition) is 3. The van der Waals surface area contributed by atoms with Crippen LogP contribution in [0.2, 0.25) is 0 Å². The van der Waals surface area contributed by atoms with Crippen molar-refractivity contribution in [2.75, 3.05) is 30.9 Å². The maximum Gasteiger partial charge on any atom is 0.317 e. The fourth-order valence-electron chi connectivity index (χ4n) is 1.74. The van der Waals surface area contributed by atoms with Gasteiger partial charge in [-0.3, -0.25) is 0 Å². The second-order valence-corrected chi connectivity index (χ2v) is 6.47. The first-order chi connectivity index (χ1) is 7.67. The Labute approximate surface area is 107 Å². The van der Waals surface area contributed by atoms with Crippen LogP contribution in [0.25, 0.3) is 0 Å². The first-order valence-corrected chi connectivity index (χ1v) is 8.27. The largest absolute Gasteiger partial charge is 0.335 e. The summed E-state index contributed by atoms with van der Waals surface area (Å²) in [7, 11) is 0. The van der Waals surface area contributed by atoms with E-state index in [0.717, 1.165) is 31.0 Å². The quantitative estimate of drug-likeness (QED) is 0.843. The first kappa shape index (κ1) is 14.0. The molecule has 1 aliphatic heterocycles. The average molecular weight is 262 g/mol. The molecular weight excluding hydrogens is 240 g/mol. The molecule has 0 aromatic carbocycles. The van der Waals surface area contributed by atoms with Gasteiger partial charge in [0.05, 0.1) is 0 Å². The van der Waals surface area contributed by atoms with E-state index in [-0.39, 0.29) is 12.1 Å². The molecule has 1 heterocycles. The van der Waals surface area contributed by atoms with Crippen molar-refractivity contribution < 1.29 is 4.79 Å². The topological polar surface area (TPSA) is 32.3 Å². The molecule has 1 fully saturated rings. The van der Waals surface area contributed by atoms with Gasteiger partial charge in [0.25, 0.3) is 0 Å². The van der Waals surface area contributed by atoms with Gasteiger partial charge < -0.3 is 10.2 Å². The predicted molar refractivity (Wildman–Crippen MR) is 74.5 cm³/mol. The van der Waals surface area contributed by atoms with E-state index < -0.39 is 0 Å². The molecule has 16 heavy (non-hydrogen) atoms. The molecule has 0 radical (unpaired) electrons.